The van der Waals surface area contributed by atoms with Crippen LogP contribution in [0.2, 0.25) is 0 Å². The Hall–Kier alpha value is -2.45. The largest absolute Gasteiger partial charge is 0.355 e. The van der Waals surface area contributed by atoms with E-state index in [-0.39, 0.29) is 28.5 Å². The van der Waals surface area contributed by atoms with E-state index in [4.69, 9.17) is 4.52 Å². The van der Waals surface area contributed by atoms with Gasteiger partial charge in [0.25, 0.3) is 0 Å². The zero-order chi connectivity index (χ0) is 22.6. The highest BCUT2D eigenvalue weighted by molar-refractivity contribution is 7.89. The Morgan fingerprint density at radius 2 is 1.87 bits per heavy atom. The number of carbonyl (C=O) groups is 1. The molecule has 1 N–H and O–H groups in total. The molecule has 1 fully saturated rings. The average Bonchev–Trinajstić information content (AvgIpc) is 3.14. The number of aryl methyl sites for hydroxylation is 2. The molecular formula is C23H31N3O4S. The van der Waals surface area contributed by atoms with Crippen LogP contribution in [-0.2, 0) is 14.8 Å². The van der Waals surface area contributed by atoms with Crippen LogP contribution in [0.3, 0.4) is 0 Å². The fourth-order valence-electron chi connectivity index (χ4n) is 3.60. The van der Waals surface area contributed by atoms with Crippen molar-refractivity contribution < 1.29 is 17.7 Å². The van der Waals surface area contributed by atoms with Gasteiger partial charge in [0.2, 0.25) is 15.9 Å². The first-order chi connectivity index (χ1) is 14.7. The Morgan fingerprint density at radius 1 is 1.23 bits per heavy atom. The molecule has 0 saturated carbocycles. The first-order valence-electron chi connectivity index (χ1n) is 10.7. The minimum atomic E-state index is -3.77. The third-order valence-electron chi connectivity index (χ3n) is 5.76. The number of benzene rings is 1. The normalized spacial score (nSPS) is 17.2. The topological polar surface area (TPSA) is 92.5 Å². The number of amides is 1. The highest BCUT2D eigenvalue weighted by Gasteiger charge is 2.36. The Bertz CT molecular complexity index is 1030. The monoisotopic (exact) mass is 445 g/mol. The van der Waals surface area contributed by atoms with Crippen LogP contribution in [0, 0.1) is 19.8 Å². The van der Waals surface area contributed by atoms with Gasteiger partial charge < -0.3 is 9.84 Å². The van der Waals surface area contributed by atoms with Crippen LogP contribution in [0.15, 0.2) is 33.7 Å². The molecule has 1 aliphatic heterocycles. The maximum Gasteiger partial charge on any atom is 0.248 e. The zero-order valence-corrected chi connectivity index (χ0v) is 19.4. The molecule has 1 atom stereocenters. The summed E-state index contributed by atoms with van der Waals surface area (Å²) in [5.74, 6) is 0.0638. The number of nitrogens with zero attached hydrogens (tertiary/aromatic N) is 2. The predicted molar refractivity (Wildman–Crippen MR) is 121 cm³/mol. The second-order valence-corrected chi connectivity index (χ2v) is 10.1. The summed E-state index contributed by atoms with van der Waals surface area (Å²) in [7, 11) is -3.77. The molecule has 0 spiro atoms. The van der Waals surface area contributed by atoms with Crippen molar-refractivity contribution in [1.29, 1.82) is 0 Å². The number of rotatable bonds is 7. The lowest BCUT2D eigenvalue weighted by Crippen LogP contribution is -2.44. The van der Waals surface area contributed by atoms with Gasteiger partial charge in [-0.05, 0) is 51.7 Å². The molecule has 0 aliphatic carbocycles. The molecule has 2 heterocycles. The van der Waals surface area contributed by atoms with Crippen molar-refractivity contribution in [2.24, 2.45) is 5.92 Å². The number of aromatic nitrogens is 1. The maximum atomic E-state index is 13.3. The first kappa shape index (κ1) is 23.2. The molecule has 1 amide bonds. The third kappa shape index (κ3) is 5.43. The molecule has 1 aromatic carbocycles. The van der Waals surface area contributed by atoms with Crippen LogP contribution in [-0.4, -0.2) is 42.9 Å². The van der Waals surface area contributed by atoms with E-state index in [9.17, 15) is 13.2 Å². The standard InChI is InChI=1S/C23H31N3O4S/c1-5-17(3)24-23(27)20-12-14-26(15-13-20)31(28,29)22-18(4)25-30-21(22)11-10-19-8-6-16(2)7-9-19/h6-11,17,20H,5,12-15H2,1-4H3,(H,24,27). The van der Waals surface area contributed by atoms with E-state index in [2.05, 4.69) is 10.5 Å². The van der Waals surface area contributed by atoms with Gasteiger partial charge in [0, 0.05) is 25.0 Å². The summed E-state index contributed by atoms with van der Waals surface area (Å²) < 4.78 is 33.4. The van der Waals surface area contributed by atoms with Crippen molar-refractivity contribution in [2.75, 3.05) is 13.1 Å². The van der Waals surface area contributed by atoms with Crippen molar-refractivity contribution >= 4 is 28.1 Å². The van der Waals surface area contributed by atoms with Gasteiger partial charge in [-0.2, -0.15) is 4.31 Å². The molecule has 0 radical (unpaired) electrons. The van der Waals surface area contributed by atoms with Gasteiger partial charge in [0.1, 0.15) is 5.69 Å². The van der Waals surface area contributed by atoms with Crippen LogP contribution >= 0.6 is 0 Å². The summed E-state index contributed by atoms with van der Waals surface area (Å²) >= 11 is 0. The van der Waals surface area contributed by atoms with Crippen molar-refractivity contribution in [3.63, 3.8) is 0 Å². The number of carbonyl (C=O) groups excluding carboxylic acids is 1. The van der Waals surface area contributed by atoms with Gasteiger partial charge in [-0.25, -0.2) is 8.42 Å². The van der Waals surface area contributed by atoms with Crippen LogP contribution in [0.25, 0.3) is 12.2 Å². The van der Waals surface area contributed by atoms with Gasteiger partial charge in [-0.3, -0.25) is 4.79 Å². The van der Waals surface area contributed by atoms with Crippen molar-refractivity contribution in [3.05, 3.63) is 46.8 Å². The molecule has 2 aromatic rings. The highest BCUT2D eigenvalue weighted by Crippen LogP contribution is 2.29. The van der Waals surface area contributed by atoms with E-state index in [1.807, 2.05) is 51.1 Å². The highest BCUT2D eigenvalue weighted by atomic mass is 32.2. The van der Waals surface area contributed by atoms with Crippen LogP contribution in [0.1, 0.15) is 55.7 Å². The Morgan fingerprint density at radius 3 is 2.48 bits per heavy atom. The van der Waals surface area contributed by atoms with Gasteiger partial charge in [-0.1, -0.05) is 48.0 Å². The van der Waals surface area contributed by atoms with Gasteiger partial charge in [-0.15, -0.1) is 0 Å². The number of sulfonamides is 1. The first-order valence-corrected chi connectivity index (χ1v) is 12.2. The van der Waals surface area contributed by atoms with Crippen molar-refractivity contribution in [2.45, 2.75) is 57.9 Å². The fraction of sp³-hybridized carbons (Fsp3) is 0.478. The molecule has 1 saturated heterocycles. The summed E-state index contributed by atoms with van der Waals surface area (Å²) in [5, 5.41) is 6.89. The minimum Gasteiger partial charge on any atom is -0.355 e. The average molecular weight is 446 g/mol. The van der Waals surface area contributed by atoms with Gasteiger partial charge >= 0.3 is 0 Å². The molecule has 1 aliphatic rings. The summed E-state index contributed by atoms with van der Waals surface area (Å²) in [4.78, 5) is 12.5. The Balaban J connectivity index is 1.73. The molecule has 168 valence electrons. The van der Waals surface area contributed by atoms with Crippen molar-refractivity contribution in [3.8, 4) is 0 Å². The summed E-state index contributed by atoms with van der Waals surface area (Å²) in [6, 6.07) is 8.02. The number of hydrogen-bond acceptors (Lipinski definition) is 5. The molecule has 0 bridgehead atoms. The second kappa shape index (κ2) is 9.78. The Labute approximate surface area is 184 Å². The minimum absolute atomic E-state index is 0.00859. The van der Waals surface area contributed by atoms with Crippen LogP contribution in [0.5, 0.6) is 0 Å². The molecule has 7 nitrogen and oxygen atoms in total. The summed E-state index contributed by atoms with van der Waals surface area (Å²) in [6.07, 6.45) is 5.32. The van der Waals surface area contributed by atoms with E-state index in [0.717, 1.165) is 17.5 Å². The lowest BCUT2D eigenvalue weighted by molar-refractivity contribution is -0.126. The molecule has 1 unspecified atom stereocenters. The Kier molecular flexibility index (Phi) is 7.33. The maximum absolute atomic E-state index is 13.3. The third-order valence-corrected chi connectivity index (χ3v) is 7.82. The fourth-order valence-corrected chi connectivity index (χ4v) is 5.32. The van der Waals surface area contributed by atoms with Gasteiger partial charge in [0.15, 0.2) is 10.7 Å². The molecule has 1 aromatic heterocycles. The SMILES string of the molecule is CCC(C)NC(=O)C1CCN(S(=O)(=O)c2c(C)noc2C=Cc2ccc(C)cc2)CC1. The number of nitrogens with one attached hydrogen (secondary N) is 1. The van der Waals surface area contributed by atoms with E-state index in [1.54, 1.807) is 13.0 Å². The van der Waals surface area contributed by atoms with Crippen LogP contribution < -0.4 is 5.32 Å². The summed E-state index contributed by atoms with van der Waals surface area (Å²) in [6.45, 7) is 8.23. The zero-order valence-electron chi connectivity index (χ0n) is 18.6. The van der Waals surface area contributed by atoms with E-state index >= 15 is 0 Å². The van der Waals surface area contributed by atoms with Crippen molar-refractivity contribution in [1.82, 2.24) is 14.8 Å². The van der Waals surface area contributed by atoms with E-state index < -0.39 is 10.0 Å². The quantitative estimate of drug-likeness (QED) is 0.700. The molecule has 8 heteroatoms. The molecule has 31 heavy (non-hydrogen) atoms. The van der Waals surface area contributed by atoms with E-state index in [1.165, 1.54) is 4.31 Å². The predicted octanol–water partition coefficient (Wildman–Crippen LogP) is 3.78. The smallest absolute Gasteiger partial charge is 0.248 e. The number of piperidine rings is 1. The van der Waals surface area contributed by atoms with Gasteiger partial charge in [0.05, 0.1) is 0 Å². The lowest BCUT2D eigenvalue weighted by Gasteiger charge is -2.31. The number of hydrogen-bond donors (Lipinski definition) is 1. The second-order valence-electron chi connectivity index (χ2n) is 8.20. The van der Waals surface area contributed by atoms with E-state index in [0.29, 0.717) is 31.6 Å². The molecule has 3 rings (SSSR count). The molecular weight excluding hydrogens is 414 g/mol. The van der Waals surface area contributed by atoms with Crippen LogP contribution in [0.4, 0.5) is 0 Å². The summed E-state index contributed by atoms with van der Waals surface area (Å²) in [5.41, 5.74) is 2.42. The lowest BCUT2D eigenvalue weighted by atomic mass is 9.97.